The molecule has 0 saturated carbocycles. The molecule has 0 spiro atoms. The molecule has 2 rings (SSSR count). The van der Waals surface area contributed by atoms with E-state index in [0.717, 1.165) is 34.3 Å². The summed E-state index contributed by atoms with van der Waals surface area (Å²) in [5, 5.41) is 13.8. The summed E-state index contributed by atoms with van der Waals surface area (Å²) in [5.74, 6) is -0.305. The van der Waals surface area contributed by atoms with Gasteiger partial charge in [0.05, 0.1) is 25.7 Å². The molecule has 0 aliphatic rings. The number of fused-ring (bicyclic) bond motifs is 1. The zero-order valence-electron chi connectivity index (χ0n) is 13.2. The van der Waals surface area contributed by atoms with Crippen molar-refractivity contribution >= 4 is 22.6 Å². The number of aromatic nitrogens is 1. The maximum Gasteiger partial charge on any atom is 0.310 e. The van der Waals surface area contributed by atoms with E-state index in [9.17, 15) is 9.90 Å². The van der Waals surface area contributed by atoms with Gasteiger partial charge in [0, 0.05) is 28.4 Å². The molecule has 1 unspecified atom stereocenters. The first-order valence-electron chi connectivity index (χ1n) is 7.43. The Morgan fingerprint density at radius 1 is 1.41 bits per heavy atom. The van der Waals surface area contributed by atoms with Gasteiger partial charge in [-0.1, -0.05) is 25.1 Å². The summed E-state index contributed by atoms with van der Waals surface area (Å²) >= 11 is 0. The molecule has 1 aromatic carbocycles. The maximum atomic E-state index is 11.7. The van der Waals surface area contributed by atoms with Crippen LogP contribution in [0, 0.1) is 6.92 Å². The van der Waals surface area contributed by atoms with Crippen molar-refractivity contribution in [3.05, 3.63) is 35.5 Å². The fraction of sp³-hybridized carbons (Fsp3) is 0.412. The van der Waals surface area contributed by atoms with Crippen molar-refractivity contribution in [1.29, 1.82) is 0 Å². The van der Waals surface area contributed by atoms with E-state index in [0.29, 0.717) is 0 Å². The zero-order chi connectivity index (χ0) is 16.1. The van der Waals surface area contributed by atoms with Crippen molar-refractivity contribution in [2.75, 3.05) is 19.0 Å². The van der Waals surface area contributed by atoms with Crippen LogP contribution in [0.1, 0.15) is 24.6 Å². The first kappa shape index (κ1) is 16.2. The third-order valence-electron chi connectivity index (χ3n) is 3.81. The van der Waals surface area contributed by atoms with Gasteiger partial charge in [0.25, 0.3) is 0 Å². The third kappa shape index (κ3) is 3.36. The number of para-hydroxylation sites is 1. The Morgan fingerprint density at radius 3 is 2.77 bits per heavy atom. The summed E-state index contributed by atoms with van der Waals surface area (Å²) in [7, 11) is 1.38. The van der Waals surface area contributed by atoms with Gasteiger partial charge in [0.1, 0.15) is 0 Å². The second kappa shape index (κ2) is 7.22. The fourth-order valence-corrected chi connectivity index (χ4v) is 2.45. The lowest BCUT2D eigenvalue weighted by Crippen LogP contribution is -2.24. The highest BCUT2D eigenvalue weighted by Crippen LogP contribution is 2.30. The number of hydrogen-bond donors (Lipinski definition) is 2. The quantitative estimate of drug-likeness (QED) is 0.802. The standard InChI is InChI=1S/C17H22N2O3/c1-4-12(10-20)19-17-13-7-5-6-8-15(13)18-11(2)14(17)9-16(21)22-3/h5-8,12,20H,4,9-10H2,1-3H3,(H,18,19). The van der Waals surface area contributed by atoms with E-state index in [-0.39, 0.29) is 25.0 Å². The largest absolute Gasteiger partial charge is 0.469 e. The van der Waals surface area contributed by atoms with E-state index in [1.54, 1.807) is 0 Å². The monoisotopic (exact) mass is 302 g/mol. The molecule has 22 heavy (non-hydrogen) atoms. The van der Waals surface area contributed by atoms with Crippen molar-refractivity contribution < 1.29 is 14.6 Å². The minimum Gasteiger partial charge on any atom is -0.469 e. The van der Waals surface area contributed by atoms with Gasteiger partial charge < -0.3 is 15.2 Å². The van der Waals surface area contributed by atoms with Crippen molar-refractivity contribution in [2.24, 2.45) is 0 Å². The second-order valence-electron chi connectivity index (χ2n) is 5.25. The number of anilines is 1. The molecule has 0 amide bonds. The van der Waals surface area contributed by atoms with Gasteiger partial charge >= 0.3 is 5.97 Å². The molecule has 1 atom stereocenters. The molecule has 2 aromatic rings. The van der Waals surface area contributed by atoms with Crippen molar-refractivity contribution in [1.82, 2.24) is 4.98 Å². The molecule has 0 saturated heterocycles. The molecule has 118 valence electrons. The van der Waals surface area contributed by atoms with Crippen LogP contribution in [0.5, 0.6) is 0 Å². The molecule has 0 radical (unpaired) electrons. The average Bonchev–Trinajstić information content (AvgIpc) is 2.54. The number of benzene rings is 1. The minimum atomic E-state index is -0.305. The molecule has 5 nitrogen and oxygen atoms in total. The number of rotatable bonds is 6. The number of pyridine rings is 1. The summed E-state index contributed by atoms with van der Waals surface area (Å²) in [5.41, 5.74) is 3.33. The average molecular weight is 302 g/mol. The number of aliphatic hydroxyl groups is 1. The predicted octanol–water partition coefficient (Wildman–Crippen LogP) is 2.44. The molecule has 0 aliphatic heterocycles. The lowest BCUT2D eigenvalue weighted by Gasteiger charge is -2.21. The Bertz CT molecular complexity index is 666. The van der Waals surface area contributed by atoms with E-state index in [2.05, 4.69) is 10.3 Å². The highest BCUT2D eigenvalue weighted by molar-refractivity contribution is 5.95. The number of nitrogens with one attached hydrogen (secondary N) is 1. The number of carbonyl (C=O) groups is 1. The predicted molar refractivity (Wildman–Crippen MR) is 87.0 cm³/mol. The molecule has 2 N–H and O–H groups in total. The van der Waals surface area contributed by atoms with Crippen LogP contribution in [-0.4, -0.2) is 35.8 Å². The maximum absolute atomic E-state index is 11.7. The topological polar surface area (TPSA) is 71.5 Å². The van der Waals surface area contributed by atoms with Gasteiger partial charge in [-0.2, -0.15) is 0 Å². The number of ether oxygens (including phenoxy) is 1. The third-order valence-corrected chi connectivity index (χ3v) is 3.81. The van der Waals surface area contributed by atoms with Crippen LogP contribution in [0.2, 0.25) is 0 Å². The lowest BCUT2D eigenvalue weighted by atomic mass is 10.0. The summed E-state index contributed by atoms with van der Waals surface area (Å²) in [6.45, 7) is 3.92. The van der Waals surface area contributed by atoms with E-state index < -0.39 is 0 Å². The van der Waals surface area contributed by atoms with Gasteiger partial charge in [-0.3, -0.25) is 9.78 Å². The SMILES string of the molecule is CCC(CO)Nc1c(CC(=O)OC)c(C)nc2ccccc12. The van der Waals surface area contributed by atoms with Gasteiger partial charge in [0.2, 0.25) is 0 Å². The number of esters is 1. The van der Waals surface area contributed by atoms with Gasteiger partial charge in [-0.05, 0) is 19.4 Å². The molecule has 5 heteroatoms. The number of aryl methyl sites for hydroxylation is 1. The van der Waals surface area contributed by atoms with Gasteiger partial charge in [0.15, 0.2) is 0 Å². The number of carbonyl (C=O) groups excluding carboxylic acids is 1. The normalized spacial score (nSPS) is 12.2. The Morgan fingerprint density at radius 2 is 2.14 bits per heavy atom. The van der Waals surface area contributed by atoms with Crippen molar-refractivity contribution in [2.45, 2.75) is 32.7 Å². The van der Waals surface area contributed by atoms with Crippen LogP contribution in [0.3, 0.4) is 0 Å². The molecule has 0 bridgehead atoms. The smallest absolute Gasteiger partial charge is 0.310 e. The number of methoxy groups -OCH3 is 1. The van der Waals surface area contributed by atoms with Gasteiger partial charge in [-0.15, -0.1) is 0 Å². The summed E-state index contributed by atoms with van der Waals surface area (Å²) in [6.07, 6.45) is 0.939. The molecule has 0 aliphatic carbocycles. The first-order chi connectivity index (χ1) is 10.6. The van der Waals surface area contributed by atoms with E-state index in [1.807, 2.05) is 38.1 Å². The molecule has 0 fully saturated rings. The Balaban J connectivity index is 2.59. The Kier molecular flexibility index (Phi) is 5.33. The lowest BCUT2D eigenvalue weighted by molar-refractivity contribution is -0.139. The van der Waals surface area contributed by atoms with Gasteiger partial charge in [-0.25, -0.2) is 0 Å². The number of nitrogens with zero attached hydrogens (tertiary/aromatic N) is 1. The molecular weight excluding hydrogens is 280 g/mol. The number of hydrogen-bond acceptors (Lipinski definition) is 5. The van der Waals surface area contributed by atoms with E-state index >= 15 is 0 Å². The van der Waals surface area contributed by atoms with Crippen LogP contribution < -0.4 is 5.32 Å². The van der Waals surface area contributed by atoms with Crippen molar-refractivity contribution in [3.63, 3.8) is 0 Å². The highest BCUT2D eigenvalue weighted by Gasteiger charge is 2.18. The minimum absolute atomic E-state index is 0.0316. The Hall–Kier alpha value is -2.14. The van der Waals surface area contributed by atoms with E-state index in [1.165, 1.54) is 7.11 Å². The molecule has 1 heterocycles. The summed E-state index contributed by atoms with van der Waals surface area (Å²) < 4.78 is 4.79. The first-order valence-corrected chi connectivity index (χ1v) is 7.43. The van der Waals surface area contributed by atoms with Crippen LogP contribution >= 0.6 is 0 Å². The summed E-state index contributed by atoms with van der Waals surface area (Å²) in [6, 6.07) is 7.71. The zero-order valence-corrected chi connectivity index (χ0v) is 13.2. The van der Waals surface area contributed by atoms with Crippen LogP contribution in [0.15, 0.2) is 24.3 Å². The molecule has 1 aromatic heterocycles. The van der Waals surface area contributed by atoms with Crippen LogP contribution in [0.4, 0.5) is 5.69 Å². The summed E-state index contributed by atoms with van der Waals surface area (Å²) in [4.78, 5) is 16.3. The van der Waals surface area contributed by atoms with Crippen LogP contribution in [0.25, 0.3) is 10.9 Å². The number of aliphatic hydroxyl groups excluding tert-OH is 1. The fourth-order valence-electron chi connectivity index (χ4n) is 2.45. The Labute approximate surface area is 130 Å². The van der Waals surface area contributed by atoms with E-state index in [4.69, 9.17) is 4.74 Å². The highest BCUT2D eigenvalue weighted by atomic mass is 16.5. The molecular formula is C17H22N2O3. The van der Waals surface area contributed by atoms with Crippen LogP contribution in [-0.2, 0) is 16.0 Å². The second-order valence-corrected chi connectivity index (χ2v) is 5.25. The van der Waals surface area contributed by atoms with Crippen molar-refractivity contribution in [3.8, 4) is 0 Å².